The van der Waals surface area contributed by atoms with Gasteiger partial charge in [0.1, 0.15) is 0 Å². The van der Waals surface area contributed by atoms with Gasteiger partial charge < -0.3 is 10.2 Å². The first-order chi connectivity index (χ1) is 10.6. The van der Waals surface area contributed by atoms with Crippen LogP contribution in [0.1, 0.15) is 22.8 Å². The van der Waals surface area contributed by atoms with Crippen molar-refractivity contribution in [3.63, 3.8) is 0 Å². The molecule has 2 amide bonds. The van der Waals surface area contributed by atoms with Crippen molar-refractivity contribution in [2.24, 2.45) is 0 Å². The Morgan fingerprint density at radius 1 is 1.14 bits per heavy atom. The van der Waals surface area contributed by atoms with Gasteiger partial charge in [-0.25, -0.2) is 0 Å². The van der Waals surface area contributed by atoms with Gasteiger partial charge in [0.2, 0.25) is 5.91 Å². The zero-order valence-corrected chi connectivity index (χ0v) is 13.7. The second-order valence-corrected chi connectivity index (χ2v) is 6.04. The lowest BCUT2D eigenvalue weighted by atomic mass is 10.1. The Morgan fingerprint density at radius 2 is 1.91 bits per heavy atom. The van der Waals surface area contributed by atoms with Crippen LogP contribution < -0.4 is 10.2 Å². The Morgan fingerprint density at radius 3 is 2.64 bits per heavy atom. The van der Waals surface area contributed by atoms with E-state index in [2.05, 4.69) is 21.2 Å². The van der Waals surface area contributed by atoms with Crippen LogP contribution in [0.3, 0.4) is 0 Å². The molecule has 1 aliphatic heterocycles. The summed E-state index contributed by atoms with van der Waals surface area (Å²) in [6, 6.07) is 13.1. The molecule has 4 nitrogen and oxygen atoms in total. The number of nitrogens with one attached hydrogen (secondary N) is 1. The van der Waals surface area contributed by atoms with Crippen LogP contribution >= 0.6 is 15.9 Å². The third kappa shape index (κ3) is 2.64. The first-order valence-electron chi connectivity index (χ1n) is 7.04. The number of rotatable bonds is 2. The Bertz CT molecular complexity index is 758. The second kappa shape index (κ2) is 5.93. The standard InChI is InChI=1S/C17H15BrN2O2/c1-11(21)19-15-8-4-5-12-9-10-20(16(12)15)17(22)13-6-2-3-7-14(13)18/h2-8H,9-10H2,1H3,(H,19,21). The molecule has 0 radical (unpaired) electrons. The van der Waals surface area contributed by atoms with E-state index in [0.717, 1.165) is 22.1 Å². The number of anilines is 2. The molecule has 0 saturated carbocycles. The molecule has 0 atom stereocenters. The molecule has 0 unspecified atom stereocenters. The molecule has 2 aromatic rings. The van der Waals surface area contributed by atoms with Crippen LogP contribution in [0.15, 0.2) is 46.9 Å². The molecular weight excluding hydrogens is 344 g/mol. The molecule has 0 fully saturated rings. The molecule has 2 aromatic carbocycles. The monoisotopic (exact) mass is 358 g/mol. The van der Waals surface area contributed by atoms with E-state index in [0.29, 0.717) is 17.8 Å². The highest BCUT2D eigenvalue weighted by atomic mass is 79.9. The molecule has 1 N–H and O–H groups in total. The van der Waals surface area contributed by atoms with E-state index >= 15 is 0 Å². The Balaban J connectivity index is 2.02. The summed E-state index contributed by atoms with van der Waals surface area (Å²) in [5.41, 5.74) is 3.18. The van der Waals surface area contributed by atoms with Gasteiger partial charge >= 0.3 is 0 Å². The number of hydrogen-bond acceptors (Lipinski definition) is 2. The lowest BCUT2D eigenvalue weighted by Crippen LogP contribution is -2.30. The van der Waals surface area contributed by atoms with Crippen molar-refractivity contribution < 1.29 is 9.59 Å². The number of carbonyl (C=O) groups excluding carboxylic acids is 2. The predicted octanol–water partition coefficient (Wildman–Crippen LogP) is 3.61. The van der Waals surface area contributed by atoms with E-state index in [1.165, 1.54) is 6.92 Å². The molecule has 0 bridgehead atoms. The Hall–Kier alpha value is -2.14. The highest BCUT2D eigenvalue weighted by Gasteiger charge is 2.29. The van der Waals surface area contributed by atoms with Gasteiger partial charge in [0.05, 0.1) is 16.9 Å². The number of para-hydroxylation sites is 1. The van der Waals surface area contributed by atoms with Crippen molar-refractivity contribution in [1.82, 2.24) is 0 Å². The normalized spacial score (nSPS) is 12.9. The van der Waals surface area contributed by atoms with Gasteiger partial charge in [-0.15, -0.1) is 0 Å². The third-order valence-corrected chi connectivity index (χ3v) is 4.35. The summed E-state index contributed by atoms with van der Waals surface area (Å²) >= 11 is 3.43. The summed E-state index contributed by atoms with van der Waals surface area (Å²) < 4.78 is 0.769. The fraction of sp³-hybridized carbons (Fsp3) is 0.176. The maximum atomic E-state index is 12.9. The van der Waals surface area contributed by atoms with Crippen molar-refractivity contribution in [1.29, 1.82) is 0 Å². The molecule has 0 aliphatic carbocycles. The molecule has 0 saturated heterocycles. The number of nitrogens with zero attached hydrogens (tertiary/aromatic N) is 1. The van der Waals surface area contributed by atoms with E-state index < -0.39 is 0 Å². The van der Waals surface area contributed by atoms with Crippen molar-refractivity contribution in [2.45, 2.75) is 13.3 Å². The lowest BCUT2D eigenvalue weighted by molar-refractivity contribution is -0.114. The largest absolute Gasteiger partial charge is 0.325 e. The van der Waals surface area contributed by atoms with Gasteiger partial charge in [0.15, 0.2) is 0 Å². The first-order valence-corrected chi connectivity index (χ1v) is 7.83. The molecule has 1 aliphatic rings. The smallest absolute Gasteiger partial charge is 0.259 e. The summed E-state index contributed by atoms with van der Waals surface area (Å²) in [4.78, 5) is 26.0. The van der Waals surface area contributed by atoms with Crippen molar-refractivity contribution in [3.8, 4) is 0 Å². The van der Waals surface area contributed by atoms with Gasteiger partial charge in [-0.3, -0.25) is 9.59 Å². The van der Waals surface area contributed by atoms with Crippen LogP contribution in [-0.2, 0) is 11.2 Å². The van der Waals surface area contributed by atoms with Crippen LogP contribution in [0.5, 0.6) is 0 Å². The molecule has 22 heavy (non-hydrogen) atoms. The topological polar surface area (TPSA) is 49.4 Å². The first kappa shape index (κ1) is 14.8. The second-order valence-electron chi connectivity index (χ2n) is 5.18. The van der Waals surface area contributed by atoms with Crippen LogP contribution in [0.25, 0.3) is 0 Å². The highest BCUT2D eigenvalue weighted by molar-refractivity contribution is 9.10. The number of amides is 2. The summed E-state index contributed by atoms with van der Waals surface area (Å²) in [6.07, 6.45) is 0.791. The maximum Gasteiger partial charge on any atom is 0.259 e. The summed E-state index contributed by atoms with van der Waals surface area (Å²) in [7, 11) is 0. The van der Waals surface area contributed by atoms with Crippen LogP contribution in [0, 0.1) is 0 Å². The molecular formula is C17H15BrN2O2. The SMILES string of the molecule is CC(=O)Nc1cccc2c1N(C(=O)c1ccccc1Br)CC2. The van der Waals surface area contributed by atoms with Gasteiger partial charge in [0, 0.05) is 17.9 Å². The van der Waals surface area contributed by atoms with E-state index in [9.17, 15) is 9.59 Å². The maximum absolute atomic E-state index is 12.9. The van der Waals surface area contributed by atoms with Gasteiger partial charge in [0.25, 0.3) is 5.91 Å². The fourth-order valence-electron chi connectivity index (χ4n) is 2.73. The number of fused-ring (bicyclic) bond motifs is 1. The molecule has 0 aromatic heterocycles. The minimum absolute atomic E-state index is 0.0657. The van der Waals surface area contributed by atoms with Gasteiger partial charge in [-0.05, 0) is 46.1 Å². The van der Waals surface area contributed by atoms with Gasteiger partial charge in [-0.1, -0.05) is 24.3 Å². The van der Waals surface area contributed by atoms with Crippen molar-refractivity contribution in [2.75, 3.05) is 16.8 Å². The number of carbonyl (C=O) groups is 2. The van der Waals surface area contributed by atoms with E-state index in [1.807, 2.05) is 36.4 Å². The minimum Gasteiger partial charge on any atom is -0.325 e. The zero-order chi connectivity index (χ0) is 15.7. The van der Waals surface area contributed by atoms with E-state index in [4.69, 9.17) is 0 Å². The molecule has 5 heteroatoms. The number of halogens is 1. The van der Waals surface area contributed by atoms with Crippen LogP contribution in [-0.4, -0.2) is 18.4 Å². The van der Waals surface area contributed by atoms with E-state index in [1.54, 1.807) is 11.0 Å². The lowest BCUT2D eigenvalue weighted by Gasteiger charge is -2.21. The highest BCUT2D eigenvalue weighted by Crippen LogP contribution is 2.37. The summed E-state index contributed by atoms with van der Waals surface area (Å²) in [6.45, 7) is 2.08. The summed E-state index contributed by atoms with van der Waals surface area (Å²) in [5.74, 6) is -0.211. The average molecular weight is 359 g/mol. The molecule has 1 heterocycles. The molecule has 3 rings (SSSR count). The predicted molar refractivity (Wildman–Crippen MR) is 90.3 cm³/mol. The molecule has 0 spiro atoms. The summed E-state index contributed by atoms with van der Waals surface area (Å²) in [5, 5.41) is 2.81. The van der Waals surface area contributed by atoms with Crippen molar-refractivity contribution >= 4 is 39.1 Å². The van der Waals surface area contributed by atoms with Crippen LogP contribution in [0.4, 0.5) is 11.4 Å². The minimum atomic E-state index is -0.145. The average Bonchev–Trinajstić information content (AvgIpc) is 2.91. The number of benzene rings is 2. The Labute approximate surface area is 137 Å². The Kier molecular flexibility index (Phi) is 3.98. The third-order valence-electron chi connectivity index (χ3n) is 3.65. The van der Waals surface area contributed by atoms with Crippen LogP contribution in [0.2, 0.25) is 0 Å². The quantitative estimate of drug-likeness (QED) is 0.891. The zero-order valence-electron chi connectivity index (χ0n) is 12.1. The number of hydrogen-bond donors (Lipinski definition) is 1. The van der Waals surface area contributed by atoms with Crippen molar-refractivity contribution in [3.05, 3.63) is 58.1 Å². The van der Waals surface area contributed by atoms with E-state index in [-0.39, 0.29) is 11.8 Å². The van der Waals surface area contributed by atoms with Gasteiger partial charge in [-0.2, -0.15) is 0 Å². The fourth-order valence-corrected chi connectivity index (χ4v) is 3.18. The molecule has 112 valence electrons.